The quantitative estimate of drug-likeness (QED) is 0.568. The monoisotopic (exact) mass is 287 g/mol. The topological polar surface area (TPSA) is 84.9 Å². The number of aromatic nitrogens is 2. The highest BCUT2D eigenvalue weighted by Crippen LogP contribution is 2.25. The van der Waals surface area contributed by atoms with Gasteiger partial charge in [0.05, 0.1) is 6.04 Å². The molecule has 5 nitrogen and oxygen atoms in total. The summed E-state index contributed by atoms with van der Waals surface area (Å²) in [6, 6.07) is 10.9. The Balaban J connectivity index is 1.72. The van der Waals surface area contributed by atoms with Crippen LogP contribution in [0.1, 0.15) is 11.8 Å². The standard InChI is InChI=1S/C14H13N3O2S/c15-10(8-20-14-16-6-5-13(18)17-14)12-7-9-3-1-2-4-11(9)19-12/h1-7,10H,8,15H2,(H,16,17,18). The Morgan fingerprint density at radius 2 is 2.20 bits per heavy atom. The summed E-state index contributed by atoms with van der Waals surface area (Å²) in [6.07, 6.45) is 1.48. The van der Waals surface area contributed by atoms with Crippen molar-refractivity contribution in [3.8, 4) is 0 Å². The SMILES string of the molecule is NC(CSc1nccc(=O)[nH]1)c1cc2ccccc2o1. The van der Waals surface area contributed by atoms with E-state index >= 15 is 0 Å². The van der Waals surface area contributed by atoms with Crippen molar-refractivity contribution in [1.82, 2.24) is 9.97 Å². The summed E-state index contributed by atoms with van der Waals surface area (Å²) in [4.78, 5) is 17.9. The number of hydrogen-bond donors (Lipinski definition) is 2. The number of H-pyrrole nitrogens is 1. The fourth-order valence-corrected chi connectivity index (χ4v) is 2.67. The van der Waals surface area contributed by atoms with Crippen molar-refractivity contribution < 1.29 is 4.42 Å². The maximum Gasteiger partial charge on any atom is 0.251 e. The van der Waals surface area contributed by atoms with Crippen LogP contribution < -0.4 is 11.3 Å². The van der Waals surface area contributed by atoms with E-state index in [0.717, 1.165) is 16.7 Å². The van der Waals surface area contributed by atoms with Crippen LogP contribution in [0, 0.1) is 0 Å². The summed E-state index contributed by atoms with van der Waals surface area (Å²) in [5, 5.41) is 1.60. The van der Waals surface area contributed by atoms with Gasteiger partial charge in [0.1, 0.15) is 11.3 Å². The molecule has 0 bridgehead atoms. The maximum absolute atomic E-state index is 11.2. The van der Waals surface area contributed by atoms with E-state index in [4.69, 9.17) is 10.2 Å². The summed E-state index contributed by atoms with van der Waals surface area (Å²) < 4.78 is 5.71. The Bertz CT molecular complexity index is 748. The predicted molar refractivity (Wildman–Crippen MR) is 78.7 cm³/mol. The van der Waals surface area contributed by atoms with Gasteiger partial charge < -0.3 is 15.1 Å². The molecular formula is C14H13N3O2S. The predicted octanol–water partition coefficient (Wildman–Crippen LogP) is 2.31. The van der Waals surface area contributed by atoms with Crippen LogP contribution >= 0.6 is 11.8 Å². The van der Waals surface area contributed by atoms with E-state index in [1.807, 2.05) is 30.3 Å². The van der Waals surface area contributed by atoms with Crippen LogP contribution in [0.5, 0.6) is 0 Å². The van der Waals surface area contributed by atoms with E-state index < -0.39 is 0 Å². The van der Waals surface area contributed by atoms with Gasteiger partial charge in [-0.05, 0) is 12.1 Å². The molecule has 0 spiro atoms. The number of nitrogens with two attached hydrogens (primary N) is 1. The van der Waals surface area contributed by atoms with Gasteiger partial charge in [0.25, 0.3) is 5.56 Å². The molecule has 3 N–H and O–H groups in total. The van der Waals surface area contributed by atoms with Crippen LogP contribution in [0.15, 0.2) is 57.0 Å². The number of nitrogens with zero attached hydrogens (tertiary/aromatic N) is 1. The molecule has 1 atom stereocenters. The highest BCUT2D eigenvalue weighted by molar-refractivity contribution is 7.99. The summed E-state index contributed by atoms with van der Waals surface area (Å²) in [7, 11) is 0. The molecule has 0 amide bonds. The van der Waals surface area contributed by atoms with E-state index in [0.29, 0.717) is 10.9 Å². The van der Waals surface area contributed by atoms with Crippen LogP contribution in [0.2, 0.25) is 0 Å². The molecule has 1 aromatic carbocycles. The van der Waals surface area contributed by atoms with Crippen molar-refractivity contribution in [2.24, 2.45) is 5.73 Å². The molecule has 0 saturated heterocycles. The van der Waals surface area contributed by atoms with Crippen LogP contribution in [0.4, 0.5) is 0 Å². The molecule has 0 radical (unpaired) electrons. The molecule has 3 aromatic rings. The van der Waals surface area contributed by atoms with E-state index in [1.54, 1.807) is 0 Å². The average molecular weight is 287 g/mol. The second-order valence-corrected chi connectivity index (χ2v) is 5.35. The highest BCUT2D eigenvalue weighted by Gasteiger charge is 2.12. The first kappa shape index (κ1) is 13.0. The van der Waals surface area contributed by atoms with Gasteiger partial charge in [-0.1, -0.05) is 30.0 Å². The third-order valence-electron chi connectivity index (χ3n) is 2.86. The number of rotatable bonds is 4. The molecule has 2 heterocycles. The summed E-state index contributed by atoms with van der Waals surface area (Å²) in [5.74, 6) is 1.31. The first-order chi connectivity index (χ1) is 9.72. The second kappa shape index (κ2) is 5.52. The molecule has 0 aliphatic rings. The Labute approximate surface area is 119 Å². The zero-order valence-corrected chi connectivity index (χ0v) is 11.4. The molecule has 2 aromatic heterocycles. The largest absolute Gasteiger partial charge is 0.459 e. The third kappa shape index (κ3) is 2.76. The van der Waals surface area contributed by atoms with Gasteiger partial charge in [-0.15, -0.1) is 0 Å². The van der Waals surface area contributed by atoms with E-state index in [-0.39, 0.29) is 11.6 Å². The van der Waals surface area contributed by atoms with Gasteiger partial charge in [0, 0.05) is 23.4 Å². The van der Waals surface area contributed by atoms with Gasteiger partial charge >= 0.3 is 0 Å². The third-order valence-corrected chi connectivity index (χ3v) is 3.86. The number of nitrogens with one attached hydrogen (secondary N) is 1. The number of thioether (sulfide) groups is 1. The average Bonchev–Trinajstić information content (AvgIpc) is 2.89. The minimum Gasteiger partial charge on any atom is -0.459 e. The van der Waals surface area contributed by atoms with Crippen molar-refractivity contribution in [3.05, 3.63) is 58.7 Å². The molecule has 20 heavy (non-hydrogen) atoms. The fourth-order valence-electron chi connectivity index (χ4n) is 1.86. The van der Waals surface area contributed by atoms with E-state index in [1.165, 1.54) is 24.0 Å². The molecule has 0 aliphatic heterocycles. The molecule has 0 fully saturated rings. The number of benzene rings is 1. The Morgan fingerprint density at radius 3 is 3.00 bits per heavy atom. The van der Waals surface area contributed by atoms with E-state index in [9.17, 15) is 4.79 Å². The van der Waals surface area contributed by atoms with Gasteiger partial charge in [-0.3, -0.25) is 4.79 Å². The summed E-state index contributed by atoms with van der Waals surface area (Å²) >= 11 is 1.40. The number of para-hydroxylation sites is 1. The van der Waals surface area contributed by atoms with Gasteiger partial charge in [0.2, 0.25) is 0 Å². The molecule has 0 aliphatic carbocycles. The Morgan fingerprint density at radius 1 is 1.35 bits per heavy atom. The lowest BCUT2D eigenvalue weighted by Gasteiger charge is -2.07. The van der Waals surface area contributed by atoms with Gasteiger partial charge in [-0.25, -0.2) is 4.98 Å². The number of aromatic amines is 1. The Hall–Kier alpha value is -2.05. The molecular weight excluding hydrogens is 274 g/mol. The number of fused-ring (bicyclic) bond motifs is 1. The lowest BCUT2D eigenvalue weighted by Crippen LogP contribution is -2.13. The summed E-state index contributed by atoms with van der Waals surface area (Å²) in [5.41, 5.74) is 6.77. The lowest BCUT2D eigenvalue weighted by molar-refractivity contribution is 0.516. The normalized spacial score (nSPS) is 12.7. The molecule has 6 heteroatoms. The van der Waals surface area contributed by atoms with E-state index in [2.05, 4.69) is 9.97 Å². The number of hydrogen-bond acceptors (Lipinski definition) is 5. The smallest absolute Gasteiger partial charge is 0.251 e. The van der Waals surface area contributed by atoms with Crippen molar-refractivity contribution in [2.75, 3.05) is 5.75 Å². The highest BCUT2D eigenvalue weighted by atomic mass is 32.2. The fraction of sp³-hybridized carbons (Fsp3) is 0.143. The second-order valence-electron chi connectivity index (χ2n) is 4.34. The van der Waals surface area contributed by atoms with Crippen molar-refractivity contribution in [1.29, 1.82) is 0 Å². The van der Waals surface area contributed by atoms with Gasteiger partial charge in [-0.2, -0.15) is 0 Å². The molecule has 1 unspecified atom stereocenters. The summed E-state index contributed by atoms with van der Waals surface area (Å²) in [6.45, 7) is 0. The number of furan rings is 1. The molecule has 0 saturated carbocycles. The van der Waals surface area contributed by atoms with Crippen LogP contribution in [-0.2, 0) is 0 Å². The van der Waals surface area contributed by atoms with Crippen LogP contribution in [-0.4, -0.2) is 15.7 Å². The lowest BCUT2D eigenvalue weighted by atomic mass is 10.2. The van der Waals surface area contributed by atoms with Crippen molar-refractivity contribution >= 4 is 22.7 Å². The minimum absolute atomic E-state index is 0.167. The first-order valence-corrected chi connectivity index (χ1v) is 7.13. The zero-order chi connectivity index (χ0) is 13.9. The van der Waals surface area contributed by atoms with Crippen molar-refractivity contribution in [3.63, 3.8) is 0 Å². The zero-order valence-electron chi connectivity index (χ0n) is 10.6. The molecule has 102 valence electrons. The first-order valence-electron chi connectivity index (χ1n) is 6.14. The van der Waals surface area contributed by atoms with Crippen LogP contribution in [0.3, 0.4) is 0 Å². The van der Waals surface area contributed by atoms with Crippen LogP contribution in [0.25, 0.3) is 11.0 Å². The Kier molecular flexibility index (Phi) is 3.58. The van der Waals surface area contributed by atoms with Crippen molar-refractivity contribution in [2.45, 2.75) is 11.2 Å². The molecule has 3 rings (SSSR count). The van der Waals surface area contributed by atoms with Gasteiger partial charge in [0.15, 0.2) is 5.16 Å². The minimum atomic E-state index is -0.252. The maximum atomic E-state index is 11.2.